The molecule has 0 unspecified atom stereocenters. The number of aromatic nitrogens is 3. The number of carbonyl (C=O) groups is 1. The molecule has 28 heavy (non-hydrogen) atoms. The van der Waals surface area contributed by atoms with Gasteiger partial charge in [-0.2, -0.15) is 5.26 Å². The van der Waals surface area contributed by atoms with E-state index in [4.69, 9.17) is 0 Å². The minimum absolute atomic E-state index is 0.0390. The lowest BCUT2D eigenvalue weighted by molar-refractivity contribution is 0.0746. The molecule has 142 valence electrons. The summed E-state index contributed by atoms with van der Waals surface area (Å²) < 4.78 is 2.03. The van der Waals surface area contributed by atoms with Crippen LogP contribution in [0, 0.1) is 25.2 Å². The third-order valence-electron chi connectivity index (χ3n) is 5.05. The average molecular weight is 392 g/mol. The van der Waals surface area contributed by atoms with Crippen LogP contribution in [-0.2, 0) is 0 Å². The van der Waals surface area contributed by atoms with Crippen molar-refractivity contribution in [2.24, 2.45) is 0 Å². The minimum Gasteiger partial charge on any atom is -0.352 e. The average Bonchev–Trinajstić information content (AvgIpc) is 3.35. The zero-order valence-electron chi connectivity index (χ0n) is 15.8. The molecule has 4 heterocycles. The molecule has 7 nitrogen and oxygen atoms in total. The summed E-state index contributed by atoms with van der Waals surface area (Å²) in [6.45, 7) is 6.46. The fourth-order valence-electron chi connectivity index (χ4n) is 3.63. The molecule has 1 amide bonds. The Morgan fingerprint density at radius 2 is 1.96 bits per heavy atom. The van der Waals surface area contributed by atoms with Gasteiger partial charge in [0.15, 0.2) is 5.13 Å². The first-order valence-corrected chi connectivity index (χ1v) is 9.96. The molecule has 0 saturated carbocycles. The normalized spacial score (nSPS) is 14.2. The first-order valence-electron chi connectivity index (χ1n) is 9.08. The van der Waals surface area contributed by atoms with Crippen LogP contribution in [0.1, 0.15) is 27.3 Å². The van der Waals surface area contributed by atoms with Gasteiger partial charge < -0.3 is 9.80 Å². The second-order valence-corrected chi connectivity index (χ2v) is 7.57. The number of nitrogens with zero attached hydrogens (tertiary/aromatic N) is 6. The molecule has 3 aromatic heterocycles. The van der Waals surface area contributed by atoms with Crippen molar-refractivity contribution >= 4 is 23.1 Å². The van der Waals surface area contributed by atoms with Gasteiger partial charge in [0.05, 0.1) is 11.1 Å². The molecule has 0 spiro atoms. The molecule has 0 aliphatic carbocycles. The van der Waals surface area contributed by atoms with E-state index < -0.39 is 0 Å². The molecule has 1 saturated heterocycles. The lowest BCUT2D eigenvalue weighted by Crippen LogP contribution is -2.49. The highest BCUT2D eigenvalue weighted by Gasteiger charge is 2.27. The summed E-state index contributed by atoms with van der Waals surface area (Å²) >= 11 is 1.55. The second-order valence-electron chi connectivity index (χ2n) is 6.70. The summed E-state index contributed by atoms with van der Waals surface area (Å²) in [7, 11) is 0. The third-order valence-corrected chi connectivity index (χ3v) is 5.80. The number of piperazine rings is 1. The molecule has 0 radical (unpaired) electrons. The number of rotatable bonds is 3. The van der Waals surface area contributed by atoms with Crippen LogP contribution >= 0.6 is 11.3 Å². The van der Waals surface area contributed by atoms with E-state index in [1.54, 1.807) is 35.9 Å². The van der Waals surface area contributed by atoms with Gasteiger partial charge in [-0.05, 0) is 32.0 Å². The van der Waals surface area contributed by atoms with Crippen molar-refractivity contribution in [3.8, 4) is 11.2 Å². The summed E-state index contributed by atoms with van der Waals surface area (Å²) in [4.78, 5) is 25.8. The highest BCUT2D eigenvalue weighted by molar-refractivity contribution is 7.12. The van der Waals surface area contributed by atoms with Crippen molar-refractivity contribution in [1.82, 2.24) is 19.4 Å². The SMILES string of the molecule is Cc1cc(C(=O)N2CCN(c3ncccc3C#N)CC2)c(C)n1-c1nccs1. The Labute approximate surface area is 167 Å². The summed E-state index contributed by atoms with van der Waals surface area (Å²) in [6, 6.07) is 7.67. The summed E-state index contributed by atoms with van der Waals surface area (Å²) in [5.41, 5.74) is 3.20. The van der Waals surface area contributed by atoms with Crippen LogP contribution < -0.4 is 4.90 Å². The zero-order chi connectivity index (χ0) is 19.7. The summed E-state index contributed by atoms with van der Waals surface area (Å²) in [5.74, 6) is 0.733. The Kier molecular flexibility index (Phi) is 4.84. The molecule has 1 aliphatic heterocycles. The van der Waals surface area contributed by atoms with Gasteiger partial charge in [-0.15, -0.1) is 11.3 Å². The van der Waals surface area contributed by atoms with E-state index in [0.717, 1.165) is 22.1 Å². The largest absolute Gasteiger partial charge is 0.352 e. The third kappa shape index (κ3) is 3.14. The maximum absolute atomic E-state index is 13.1. The number of thiazole rings is 1. The number of anilines is 1. The number of carbonyl (C=O) groups excluding carboxylic acids is 1. The van der Waals surface area contributed by atoms with Crippen molar-refractivity contribution in [1.29, 1.82) is 5.26 Å². The maximum atomic E-state index is 13.1. The monoisotopic (exact) mass is 392 g/mol. The Balaban J connectivity index is 1.51. The van der Waals surface area contributed by atoms with Crippen LogP contribution in [-0.4, -0.2) is 51.5 Å². The lowest BCUT2D eigenvalue weighted by Gasteiger charge is -2.35. The predicted octanol–water partition coefficient (Wildman–Crippen LogP) is 2.78. The number of nitriles is 1. The van der Waals surface area contributed by atoms with Gasteiger partial charge in [-0.25, -0.2) is 9.97 Å². The molecule has 4 rings (SSSR count). The molecule has 8 heteroatoms. The Bertz CT molecular complexity index is 1040. The molecule has 0 bridgehead atoms. The van der Waals surface area contributed by atoms with Crippen molar-refractivity contribution in [3.63, 3.8) is 0 Å². The van der Waals surface area contributed by atoms with Gasteiger partial charge in [-0.1, -0.05) is 0 Å². The van der Waals surface area contributed by atoms with Gasteiger partial charge >= 0.3 is 0 Å². The van der Waals surface area contributed by atoms with Gasteiger partial charge in [0, 0.05) is 55.3 Å². The van der Waals surface area contributed by atoms with Crippen LogP contribution in [0.15, 0.2) is 36.0 Å². The first-order chi connectivity index (χ1) is 13.6. The van der Waals surface area contributed by atoms with E-state index in [1.807, 2.05) is 34.8 Å². The quantitative estimate of drug-likeness (QED) is 0.685. The molecule has 1 fully saturated rings. The molecule has 1 aliphatic rings. The van der Waals surface area contributed by atoms with Gasteiger partial charge in [0.25, 0.3) is 5.91 Å². The predicted molar refractivity (Wildman–Crippen MR) is 108 cm³/mol. The highest BCUT2D eigenvalue weighted by Crippen LogP contribution is 2.24. The van der Waals surface area contributed by atoms with Gasteiger partial charge in [0.2, 0.25) is 0 Å². The topological polar surface area (TPSA) is 78.0 Å². The molecular formula is C20H20N6OS. The van der Waals surface area contributed by atoms with Crippen molar-refractivity contribution in [2.45, 2.75) is 13.8 Å². The Hall–Kier alpha value is -3.18. The van der Waals surface area contributed by atoms with Crippen molar-refractivity contribution in [2.75, 3.05) is 31.1 Å². The maximum Gasteiger partial charge on any atom is 0.255 e. The number of amides is 1. The fraction of sp³-hybridized carbons (Fsp3) is 0.300. The van der Waals surface area contributed by atoms with Crippen LogP contribution in [0.25, 0.3) is 5.13 Å². The minimum atomic E-state index is 0.0390. The van der Waals surface area contributed by atoms with E-state index in [1.165, 1.54) is 0 Å². The molecule has 3 aromatic rings. The number of aryl methyl sites for hydroxylation is 1. The van der Waals surface area contributed by atoms with Crippen LogP contribution in [0.2, 0.25) is 0 Å². The van der Waals surface area contributed by atoms with Crippen LogP contribution in [0.3, 0.4) is 0 Å². The highest BCUT2D eigenvalue weighted by atomic mass is 32.1. The van der Waals surface area contributed by atoms with Crippen LogP contribution in [0.4, 0.5) is 5.82 Å². The van der Waals surface area contributed by atoms with E-state index >= 15 is 0 Å². The number of pyridine rings is 1. The summed E-state index contributed by atoms with van der Waals surface area (Å²) in [6.07, 6.45) is 3.47. The second kappa shape index (κ2) is 7.44. The Morgan fingerprint density at radius 3 is 2.64 bits per heavy atom. The molecule has 0 aromatic carbocycles. The number of hydrogen-bond donors (Lipinski definition) is 0. The van der Waals surface area contributed by atoms with E-state index in [0.29, 0.717) is 37.6 Å². The van der Waals surface area contributed by atoms with E-state index in [-0.39, 0.29) is 5.91 Å². The zero-order valence-corrected chi connectivity index (χ0v) is 16.6. The van der Waals surface area contributed by atoms with Gasteiger partial charge in [-0.3, -0.25) is 9.36 Å². The van der Waals surface area contributed by atoms with Crippen molar-refractivity contribution in [3.05, 3.63) is 58.5 Å². The smallest absolute Gasteiger partial charge is 0.255 e. The standard InChI is InChI=1S/C20H20N6OS/c1-14-12-17(15(2)26(14)20-23-6-11-28-20)19(27)25-9-7-24(8-10-25)18-16(13-21)4-3-5-22-18/h3-6,11-12H,7-10H2,1-2H3. The summed E-state index contributed by atoms with van der Waals surface area (Å²) in [5, 5.41) is 12.1. The molecule has 0 N–H and O–H groups in total. The first kappa shape index (κ1) is 18.2. The molecule has 0 atom stereocenters. The van der Waals surface area contributed by atoms with Crippen molar-refractivity contribution < 1.29 is 4.79 Å². The fourth-order valence-corrected chi connectivity index (χ4v) is 4.38. The Morgan fingerprint density at radius 1 is 1.18 bits per heavy atom. The molecular weight excluding hydrogens is 372 g/mol. The van der Waals surface area contributed by atoms with E-state index in [9.17, 15) is 10.1 Å². The number of hydrogen-bond acceptors (Lipinski definition) is 6. The van der Waals surface area contributed by atoms with Crippen LogP contribution in [0.5, 0.6) is 0 Å². The van der Waals surface area contributed by atoms with E-state index in [2.05, 4.69) is 20.9 Å². The lowest BCUT2D eigenvalue weighted by atomic mass is 10.2. The van der Waals surface area contributed by atoms with Gasteiger partial charge in [0.1, 0.15) is 11.9 Å².